The fourth-order valence-corrected chi connectivity index (χ4v) is 2.70. The summed E-state index contributed by atoms with van der Waals surface area (Å²) in [5.74, 6) is -1.70. The van der Waals surface area contributed by atoms with Crippen LogP contribution in [0.4, 0.5) is 0 Å². The van der Waals surface area contributed by atoms with Crippen LogP contribution in [0.15, 0.2) is 15.9 Å². The molecular weight excluding hydrogens is 292 g/mol. The Hall–Kier alpha value is -0.880. The summed E-state index contributed by atoms with van der Waals surface area (Å²) in [5.41, 5.74) is 4.63. The standard InChI is InChI=1S/C10H13BrN2O2S/c1-10(2,5-13-9(15)8(12)14)7-3-6(11)4-16-7/h3-4H,5H2,1-2H3,(H2,12,14)(H,13,15). The van der Waals surface area contributed by atoms with Crippen LogP contribution in [0.2, 0.25) is 0 Å². The van der Waals surface area contributed by atoms with Gasteiger partial charge in [-0.05, 0) is 22.0 Å². The first kappa shape index (κ1) is 13.2. The van der Waals surface area contributed by atoms with Gasteiger partial charge in [0, 0.05) is 26.7 Å². The van der Waals surface area contributed by atoms with E-state index in [0.717, 1.165) is 9.35 Å². The molecule has 0 saturated carbocycles. The molecule has 88 valence electrons. The summed E-state index contributed by atoms with van der Waals surface area (Å²) in [6.45, 7) is 4.36. The first-order valence-corrected chi connectivity index (χ1v) is 6.32. The number of thiophene rings is 1. The smallest absolute Gasteiger partial charge is 0.309 e. The molecule has 0 spiro atoms. The van der Waals surface area contributed by atoms with E-state index in [1.807, 2.05) is 25.3 Å². The Balaban J connectivity index is 2.65. The van der Waals surface area contributed by atoms with Gasteiger partial charge in [0.25, 0.3) is 0 Å². The molecule has 1 aromatic rings. The Labute approximate surface area is 106 Å². The molecule has 1 heterocycles. The SMILES string of the molecule is CC(C)(CNC(=O)C(N)=O)c1cc(Br)cs1. The second kappa shape index (κ2) is 4.97. The van der Waals surface area contributed by atoms with Gasteiger partial charge in [0.15, 0.2) is 0 Å². The number of nitrogens with two attached hydrogens (primary N) is 1. The molecule has 0 saturated heterocycles. The maximum absolute atomic E-state index is 11.0. The number of rotatable bonds is 3. The molecule has 0 bridgehead atoms. The van der Waals surface area contributed by atoms with Crippen LogP contribution in [0.1, 0.15) is 18.7 Å². The van der Waals surface area contributed by atoms with Crippen molar-refractivity contribution in [2.24, 2.45) is 5.73 Å². The third kappa shape index (κ3) is 3.31. The lowest BCUT2D eigenvalue weighted by Gasteiger charge is -2.23. The summed E-state index contributed by atoms with van der Waals surface area (Å²) >= 11 is 4.98. The van der Waals surface area contributed by atoms with Crippen LogP contribution in [-0.4, -0.2) is 18.4 Å². The molecule has 3 N–H and O–H groups in total. The van der Waals surface area contributed by atoms with Crippen molar-refractivity contribution >= 4 is 39.1 Å². The van der Waals surface area contributed by atoms with Gasteiger partial charge in [-0.3, -0.25) is 9.59 Å². The van der Waals surface area contributed by atoms with Crippen molar-refractivity contribution in [1.29, 1.82) is 0 Å². The van der Waals surface area contributed by atoms with Crippen LogP contribution < -0.4 is 11.1 Å². The highest BCUT2D eigenvalue weighted by atomic mass is 79.9. The normalized spacial score (nSPS) is 11.2. The number of carbonyl (C=O) groups excluding carboxylic acids is 2. The largest absolute Gasteiger partial charge is 0.361 e. The maximum atomic E-state index is 11.0. The topological polar surface area (TPSA) is 72.2 Å². The summed E-state index contributed by atoms with van der Waals surface area (Å²) in [5, 5.41) is 4.49. The van der Waals surface area contributed by atoms with Gasteiger partial charge in [0.2, 0.25) is 0 Å². The van der Waals surface area contributed by atoms with Gasteiger partial charge in [0.1, 0.15) is 0 Å². The number of primary amides is 1. The van der Waals surface area contributed by atoms with Crippen molar-refractivity contribution in [2.75, 3.05) is 6.54 Å². The van der Waals surface area contributed by atoms with Crippen molar-refractivity contribution in [3.05, 3.63) is 20.8 Å². The van der Waals surface area contributed by atoms with Gasteiger partial charge < -0.3 is 11.1 Å². The molecule has 0 fully saturated rings. The van der Waals surface area contributed by atoms with Gasteiger partial charge in [-0.25, -0.2) is 0 Å². The summed E-state index contributed by atoms with van der Waals surface area (Å²) < 4.78 is 1.02. The van der Waals surface area contributed by atoms with E-state index < -0.39 is 11.8 Å². The van der Waals surface area contributed by atoms with Crippen LogP contribution in [0, 0.1) is 0 Å². The number of amides is 2. The highest BCUT2D eigenvalue weighted by Gasteiger charge is 2.24. The van der Waals surface area contributed by atoms with E-state index in [4.69, 9.17) is 5.73 Å². The van der Waals surface area contributed by atoms with Gasteiger partial charge in [-0.2, -0.15) is 0 Å². The number of carbonyl (C=O) groups is 2. The maximum Gasteiger partial charge on any atom is 0.309 e. The molecule has 0 aromatic carbocycles. The van der Waals surface area contributed by atoms with Crippen LogP contribution in [0.3, 0.4) is 0 Å². The average molecular weight is 305 g/mol. The minimum absolute atomic E-state index is 0.220. The molecule has 0 aliphatic carbocycles. The second-order valence-electron chi connectivity index (χ2n) is 4.06. The first-order valence-electron chi connectivity index (χ1n) is 4.65. The van der Waals surface area contributed by atoms with E-state index in [9.17, 15) is 9.59 Å². The molecule has 6 heteroatoms. The highest BCUT2D eigenvalue weighted by Crippen LogP contribution is 2.30. The highest BCUT2D eigenvalue weighted by molar-refractivity contribution is 9.10. The van der Waals surface area contributed by atoms with E-state index in [0.29, 0.717) is 6.54 Å². The minimum atomic E-state index is -0.955. The fraction of sp³-hybridized carbons (Fsp3) is 0.400. The molecular formula is C10H13BrN2O2S. The molecule has 4 nitrogen and oxygen atoms in total. The van der Waals surface area contributed by atoms with Crippen molar-refractivity contribution in [3.63, 3.8) is 0 Å². The van der Waals surface area contributed by atoms with E-state index in [1.54, 1.807) is 11.3 Å². The monoisotopic (exact) mass is 304 g/mol. The second-order valence-corrected chi connectivity index (χ2v) is 5.89. The van der Waals surface area contributed by atoms with Crippen molar-refractivity contribution in [1.82, 2.24) is 5.32 Å². The summed E-state index contributed by atoms with van der Waals surface area (Å²) in [4.78, 5) is 22.7. The molecule has 0 aliphatic rings. The minimum Gasteiger partial charge on any atom is -0.361 e. The average Bonchev–Trinajstić information content (AvgIpc) is 2.61. The Kier molecular flexibility index (Phi) is 4.09. The summed E-state index contributed by atoms with van der Waals surface area (Å²) in [7, 11) is 0. The summed E-state index contributed by atoms with van der Waals surface area (Å²) in [6.07, 6.45) is 0. The van der Waals surface area contributed by atoms with Gasteiger partial charge in [-0.15, -0.1) is 11.3 Å². The number of halogens is 1. The lowest BCUT2D eigenvalue weighted by atomic mass is 9.91. The Morgan fingerprint density at radius 1 is 1.56 bits per heavy atom. The lowest BCUT2D eigenvalue weighted by molar-refractivity contribution is -0.137. The molecule has 1 aromatic heterocycles. The van der Waals surface area contributed by atoms with Crippen LogP contribution >= 0.6 is 27.3 Å². The zero-order valence-corrected chi connectivity index (χ0v) is 11.4. The first-order chi connectivity index (χ1) is 7.33. The number of nitrogens with one attached hydrogen (secondary N) is 1. The third-order valence-corrected chi connectivity index (χ3v) is 4.21. The molecule has 16 heavy (non-hydrogen) atoms. The predicted molar refractivity (Wildman–Crippen MR) is 67.2 cm³/mol. The molecule has 2 amide bonds. The number of hydrogen-bond acceptors (Lipinski definition) is 3. The Morgan fingerprint density at radius 2 is 2.19 bits per heavy atom. The van der Waals surface area contributed by atoms with Crippen LogP contribution in [0.5, 0.6) is 0 Å². The van der Waals surface area contributed by atoms with Crippen molar-refractivity contribution in [3.8, 4) is 0 Å². The van der Waals surface area contributed by atoms with E-state index in [2.05, 4.69) is 21.2 Å². The predicted octanol–water partition coefficient (Wildman–Crippen LogP) is 1.39. The Bertz CT molecular complexity index is 415. The van der Waals surface area contributed by atoms with Crippen LogP contribution in [-0.2, 0) is 15.0 Å². The molecule has 1 rings (SSSR count). The van der Waals surface area contributed by atoms with Crippen molar-refractivity contribution < 1.29 is 9.59 Å². The molecule has 0 unspecified atom stereocenters. The lowest BCUT2D eigenvalue weighted by Crippen LogP contribution is -2.42. The third-order valence-electron chi connectivity index (χ3n) is 2.15. The molecule has 0 atom stereocenters. The van der Waals surface area contributed by atoms with Crippen molar-refractivity contribution in [2.45, 2.75) is 19.3 Å². The zero-order valence-electron chi connectivity index (χ0n) is 9.04. The van der Waals surface area contributed by atoms with Crippen LogP contribution in [0.25, 0.3) is 0 Å². The zero-order chi connectivity index (χ0) is 12.3. The number of hydrogen-bond donors (Lipinski definition) is 2. The van der Waals surface area contributed by atoms with E-state index in [-0.39, 0.29) is 5.41 Å². The van der Waals surface area contributed by atoms with Gasteiger partial charge >= 0.3 is 11.8 Å². The molecule has 0 radical (unpaired) electrons. The Morgan fingerprint density at radius 3 is 2.62 bits per heavy atom. The quantitative estimate of drug-likeness (QED) is 0.828. The molecule has 0 aliphatic heterocycles. The van der Waals surface area contributed by atoms with E-state index in [1.165, 1.54) is 0 Å². The van der Waals surface area contributed by atoms with E-state index >= 15 is 0 Å². The summed E-state index contributed by atoms with van der Waals surface area (Å²) in [6, 6.07) is 2.00. The fourth-order valence-electron chi connectivity index (χ4n) is 1.14. The van der Waals surface area contributed by atoms with Gasteiger partial charge in [-0.1, -0.05) is 13.8 Å². The van der Waals surface area contributed by atoms with Gasteiger partial charge in [0.05, 0.1) is 0 Å².